The number of nitriles is 1. The third-order valence-corrected chi connectivity index (χ3v) is 7.20. The van der Waals surface area contributed by atoms with E-state index in [4.69, 9.17) is 0 Å². The third-order valence-electron chi connectivity index (χ3n) is 5.89. The van der Waals surface area contributed by atoms with Gasteiger partial charge >= 0.3 is 0 Å². The molecule has 0 radical (unpaired) electrons. The molecule has 0 spiro atoms. The predicted molar refractivity (Wildman–Crippen MR) is 116 cm³/mol. The second kappa shape index (κ2) is 7.31. The van der Waals surface area contributed by atoms with Gasteiger partial charge in [-0.3, -0.25) is 4.21 Å². The summed E-state index contributed by atoms with van der Waals surface area (Å²) in [7, 11) is -1.13. The highest BCUT2D eigenvalue weighted by Gasteiger charge is 2.42. The fourth-order valence-corrected chi connectivity index (χ4v) is 4.79. The molecule has 1 aliphatic heterocycles. The summed E-state index contributed by atoms with van der Waals surface area (Å²) in [6.45, 7) is 7.09. The van der Waals surface area contributed by atoms with Crippen LogP contribution < -0.4 is 4.90 Å². The lowest BCUT2D eigenvalue weighted by Gasteiger charge is -2.47. The zero-order valence-electron chi connectivity index (χ0n) is 16.9. The number of hydrogen-bond donors (Lipinski definition) is 1. The minimum absolute atomic E-state index is 0.303. The normalized spacial score (nSPS) is 16.4. The Balaban J connectivity index is 1.86. The smallest absolute Gasteiger partial charge is 0.156 e. The predicted octanol–water partition coefficient (Wildman–Crippen LogP) is 5.15. The zero-order valence-corrected chi connectivity index (χ0v) is 17.7. The quantitative estimate of drug-likeness (QED) is 0.634. The van der Waals surface area contributed by atoms with Crippen molar-refractivity contribution < 1.29 is 8.60 Å². The Morgan fingerprint density at radius 2 is 2.00 bits per heavy atom. The summed E-state index contributed by atoms with van der Waals surface area (Å²) >= 11 is 0. The molecule has 1 N–H and O–H groups in total. The minimum atomic E-state index is -1.13. The van der Waals surface area contributed by atoms with Gasteiger partial charge in [-0.25, -0.2) is 4.39 Å². The first-order valence-corrected chi connectivity index (χ1v) is 11.2. The second-order valence-corrected chi connectivity index (χ2v) is 9.52. The molecule has 1 aliphatic rings. The number of H-pyrrole nitrogens is 1. The summed E-state index contributed by atoms with van der Waals surface area (Å²) in [6, 6.07) is 13.6. The first-order valence-electron chi connectivity index (χ1n) is 9.88. The number of nitrogens with zero attached hydrogens (tertiary/aromatic N) is 2. The molecule has 1 unspecified atom stereocenters. The monoisotopic (exact) mass is 409 g/mol. The molecule has 2 heterocycles. The average molecular weight is 410 g/mol. The Bertz CT molecular complexity index is 1150. The summed E-state index contributed by atoms with van der Waals surface area (Å²) in [5, 5.41) is 10.1. The van der Waals surface area contributed by atoms with Gasteiger partial charge in [0.1, 0.15) is 0 Å². The number of aromatic amines is 1. The Kier molecular flexibility index (Phi) is 4.95. The van der Waals surface area contributed by atoms with E-state index < -0.39 is 10.8 Å². The molecule has 3 aromatic rings. The Morgan fingerprint density at radius 3 is 2.66 bits per heavy atom. The number of benzene rings is 2. The molecule has 4 nitrogen and oxygen atoms in total. The van der Waals surface area contributed by atoms with Crippen LogP contribution in [0.2, 0.25) is 0 Å². The fourth-order valence-electron chi connectivity index (χ4n) is 3.99. The zero-order chi connectivity index (χ0) is 20.8. The maximum Gasteiger partial charge on any atom is 0.156 e. The van der Waals surface area contributed by atoms with Crippen LogP contribution in [0.25, 0.3) is 22.2 Å². The van der Waals surface area contributed by atoms with Gasteiger partial charge in [-0.1, -0.05) is 19.9 Å². The summed E-state index contributed by atoms with van der Waals surface area (Å²) in [6.07, 6.45) is 0.785. The van der Waals surface area contributed by atoms with Crippen molar-refractivity contribution in [2.45, 2.75) is 32.1 Å². The molecular weight excluding hydrogens is 385 g/mol. The molecule has 6 heteroatoms. The largest absolute Gasteiger partial charge is 0.368 e. The van der Waals surface area contributed by atoms with E-state index in [-0.39, 0.29) is 11.2 Å². The van der Waals surface area contributed by atoms with E-state index in [1.54, 1.807) is 6.07 Å². The molecule has 1 aromatic heterocycles. The van der Waals surface area contributed by atoms with Crippen molar-refractivity contribution in [3.63, 3.8) is 0 Å². The van der Waals surface area contributed by atoms with E-state index in [0.717, 1.165) is 23.2 Å². The highest BCUT2D eigenvalue weighted by atomic mass is 32.2. The molecule has 4 rings (SSSR count). The topological polar surface area (TPSA) is 59.9 Å². The van der Waals surface area contributed by atoms with Crippen molar-refractivity contribution in [2.24, 2.45) is 5.41 Å². The summed E-state index contributed by atoms with van der Waals surface area (Å²) in [4.78, 5) is 6.02. The number of fused-ring (bicyclic) bond motifs is 1. The Hall–Kier alpha value is -2.65. The number of anilines is 1. The molecule has 1 fully saturated rings. The van der Waals surface area contributed by atoms with Gasteiger partial charge in [0, 0.05) is 45.9 Å². The molecule has 0 bridgehead atoms. The number of aryl methyl sites for hydroxylation is 1. The van der Waals surface area contributed by atoms with Crippen LogP contribution in [0.4, 0.5) is 10.1 Å². The van der Waals surface area contributed by atoms with E-state index in [2.05, 4.69) is 16.0 Å². The van der Waals surface area contributed by atoms with E-state index in [9.17, 15) is 9.47 Å². The van der Waals surface area contributed by atoms with E-state index >= 15 is 4.39 Å². The number of aromatic nitrogens is 1. The van der Waals surface area contributed by atoms with Crippen molar-refractivity contribution in [3.8, 4) is 17.3 Å². The van der Waals surface area contributed by atoms with Gasteiger partial charge in [0.05, 0.1) is 28.0 Å². The van der Waals surface area contributed by atoms with Gasteiger partial charge in [-0.2, -0.15) is 5.26 Å². The van der Waals surface area contributed by atoms with Crippen LogP contribution in [-0.4, -0.2) is 28.0 Å². The highest BCUT2D eigenvalue weighted by molar-refractivity contribution is 7.85. The summed E-state index contributed by atoms with van der Waals surface area (Å²) in [5.41, 5.74) is 3.41. The van der Waals surface area contributed by atoms with E-state index in [1.165, 1.54) is 0 Å². The standard InChI is InChI=1S/C23H24FN3OS/c1-4-23(12-25)13-27(14-23)20-9-7-16(29(28)5-2)11-18(20)22-21(24)17-8-6-15(3)10-19(17)26-22/h6-11,26H,4-5,13-14H2,1-3H3. The molecule has 150 valence electrons. The maximum atomic E-state index is 15.3. The SMILES string of the molecule is CCS(=O)c1ccc(N2CC(C#N)(CC)C2)c(-c2[nH]c3cc(C)ccc3c2F)c1. The molecule has 1 atom stereocenters. The van der Waals surface area contributed by atoms with Crippen molar-refractivity contribution in [1.82, 2.24) is 4.98 Å². The van der Waals surface area contributed by atoms with E-state index in [0.29, 0.717) is 40.4 Å². The number of hydrogen-bond acceptors (Lipinski definition) is 3. The Labute approximate surface area is 172 Å². The van der Waals surface area contributed by atoms with Gasteiger partial charge < -0.3 is 9.88 Å². The number of rotatable bonds is 5. The van der Waals surface area contributed by atoms with Crippen molar-refractivity contribution in [2.75, 3.05) is 23.7 Å². The van der Waals surface area contributed by atoms with Crippen LogP contribution in [0.5, 0.6) is 0 Å². The molecule has 0 amide bonds. The lowest BCUT2D eigenvalue weighted by atomic mass is 9.78. The van der Waals surface area contributed by atoms with Crippen molar-refractivity contribution in [3.05, 3.63) is 47.8 Å². The fraction of sp³-hybridized carbons (Fsp3) is 0.348. The Morgan fingerprint density at radius 1 is 1.24 bits per heavy atom. The first kappa shape index (κ1) is 19.7. The molecule has 1 saturated heterocycles. The average Bonchev–Trinajstić information content (AvgIpc) is 3.03. The first-order chi connectivity index (χ1) is 13.9. The molecule has 29 heavy (non-hydrogen) atoms. The second-order valence-electron chi connectivity index (χ2n) is 7.78. The van der Waals surface area contributed by atoms with E-state index in [1.807, 2.05) is 51.1 Å². The van der Waals surface area contributed by atoms with Crippen LogP contribution in [0.15, 0.2) is 41.3 Å². The van der Waals surface area contributed by atoms with Gasteiger partial charge in [-0.05, 0) is 49.2 Å². The lowest BCUT2D eigenvalue weighted by Crippen LogP contribution is -2.55. The molecule has 0 aliphatic carbocycles. The van der Waals surface area contributed by atoms with Crippen LogP contribution in [0, 0.1) is 29.5 Å². The van der Waals surface area contributed by atoms with Gasteiger partial charge in [0.25, 0.3) is 0 Å². The van der Waals surface area contributed by atoms with Crippen LogP contribution in [0.1, 0.15) is 25.8 Å². The van der Waals surface area contributed by atoms with Crippen molar-refractivity contribution in [1.29, 1.82) is 5.26 Å². The molecule has 2 aromatic carbocycles. The summed E-state index contributed by atoms with van der Waals surface area (Å²) in [5.74, 6) is 0.202. The van der Waals surface area contributed by atoms with Crippen LogP contribution in [0.3, 0.4) is 0 Å². The van der Waals surface area contributed by atoms with Crippen molar-refractivity contribution >= 4 is 27.4 Å². The minimum Gasteiger partial charge on any atom is -0.368 e. The van der Waals surface area contributed by atoms with Gasteiger partial charge in [0.15, 0.2) is 5.82 Å². The third kappa shape index (κ3) is 3.24. The molecular formula is C23H24FN3OS. The van der Waals surface area contributed by atoms with Gasteiger partial charge in [-0.15, -0.1) is 0 Å². The lowest BCUT2D eigenvalue weighted by molar-refractivity contribution is 0.291. The van der Waals surface area contributed by atoms with Gasteiger partial charge in [0.2, 0.25) is 0 Å². The highest BCUT2D eigenvalue weighted by Crippen LogP contribution is 2.43. The summed E-state index contributed by atoms with van der Waals surface area (Å²) < 4.78 is 27.7. The van der Waals surface area contributed by atoms with Crippen LogP contribution in [-0.2, 0) is 10.8 Å². The molecule has 0 saturated carbocycles. The number of halogens is 1. The number of nitrogens with one attached hydrogen (secondary N) is 1. The maximum absolute atomic E-state index is 15.3. The van der Waals surface area contributed by atoms with Crippen LogP contribution >= 0.6 is 0 Å².